The minimum absolute atomic E-state index is 0.123. The maximum absolute atomic E-state index is 9.23. The Morgan fingerprint density at radius 3 is 2.92 bits per heavy atom. The Labute approximate surface area is 138 Å². The van der Waals surface area contributed by atoms with Gasteiger partial charge < -0.3 is 10.8 Å². The van der Waals surface area contributed by atoms with Gasteiger partial charge in [-0.25, -0.2) is 4.98 Å². The van der Waals surface area contributed by atoms with Gasteiger partial charge in [0.05, 0.1) is 16.6 Å². The van der Waals surface area contributed by atoms with E-state index in [2.05, 4.69) is 20.3 Å². The topological polar surface area (TPSA) is 106 Å². The van der Waals surface area contributed by atoms with Crippen molar-refractivity contribution in [3.05, 3.63) is 36.7 Å². The van der Waals surface area contributed by atoms with Gasteiger partial charge >= 0.3 is 0 Å². The van der Waals surface area contributed by atoms with Crippen molar-refractivity contribution in [3.8, 4) is 11.3 Å². The fraction of sp³-hybridized carbons (Fsp3) is 0.235. The van der Waals surface area contributed by atoms with E-state index in [1.54, 1.807) is 6.20 Å². The number of nitrogens with zero attached hydrogens (tertiary/aromatic N) is 4. The third-order valence-corrected chi connectivity index (χ3v) is 4.14. The predicted molar refractivity (Wildman–Crippen MR) is 93.3 cm³/mol. The highest BCUT2D eigenvalue weighted by Gasteiger charge is 2.13. The maximum Gasteiger partial charge on any atom is 0.135 e. The maximum atomic E-state index is 9.23. The summed E-state index contributed by atoms with van der Waals surface area (Å²) < 4.78 is 1.82. The number of anilines is 1. The number of rotatable bonds is 4. The van der Waals surface area contributed by atoms with E-state index in [1.807, 2.05) is 42.1 Å². The molecule has 4 N–H and O–H groups in total. The number of nitrogens with one attached hydrogen (secondary N) is 1. The molecule has 0 radical (unpaired) electrons. The number of aliphatic hydroxyl groups excluding tert-OH is 1. The molecule has 7 nitrogen and oxygen atoms in total. The number of nitrogens with two attached hydrogens (primary N) is 1. The summed E-state index contributed by atoms with van der Waals surface area (Å²) in [7, 11) is 0. The summed E-state index contributed by atoms with van der Waals surface area (Å²) in [5.41, 5.74) is 9.59. The Morgan fingerprint density at radius 1 is 1.29 bits per heavy atom. The van der Waals surface area contributed by atoms with E-state index in [9.17, 15) is 5.11 Å². The highest BCUT2D eigenvalue weighted by Crippen LogP contribution is 2.29. The third-order valence-electron chi connectivity index (χ3n) is 4.14. The molecule has 122 valence electrons. The van der Waals surface area contributed by atoms with E-state index in [0.29, 0.717) is 12.4 Å². The van der Waals surface area contributed by atoms with Crippen molar-refractivity contribution in [1.29, 1.82) is 0 Å². The van der Waals surface area contributed by atoms with E-state index in [1.165, 1.54) is 0 Å². The van der Waals surface area contributed by atoms with Gasteiger partial charge in [0.1, 0.15) is 11.3 Å². The second-order valence-electron chi connectivity index (χ2n) is 6.09. The van der Waals surface area contributed by atoms with Crippen molar-refractivity contribution in [2.24, 2.45) is 5.92 Å². The van der Waals surface area contributed by atoms with Crippen molar-refractivity contribution in [2.75, 3.05) is 12.3 Å². The van der Waals surface area contributed by atoms with Gasteiger partial charge in [-0.3, -0.25) is 9.78 Å². The molecule has 7 heteroatoms. The zero-order chi connectivity index (χ0) is 16.7. The number of hydrogen-bond donors (Lipinski definition) is 3. The van der Waals surface area contributed by atoms with E-state index < -0.39 is 0 Å². The zero-order valence-corrected chi connectivity index (χ0v) is 13.3. The lowest BCUT2D eigenvalue weighted by Gasteiger charge is -2.06. The van der Waals surface area contributed by atoms with Crippen LogP contribution in [-0.4, -0.2) is 36.7 Å². The Balaban J connectivity index is 1.87. The molecule has 1 aromatic carbocycles. The number of aliphatic hydroxyl groups is 1. The summed E-state index contributed by atoms with van der Waals surface area (Å²) in [6.45, 7) is 2.73. The molecule has 0 fully saturated rings. The van der Waals surface area contributed by atoms with Gasteiger partial charge in [-0.2, -0.15) is 10.2 Å². The summed E-state index contributed by atoms with van der Waals surface area (Å²) in [6, 6.07) is 7.89. The number of hydrogen-bond acceptors (Lipinski definition) is 5. The average Bonchev–Trinajstić information content (AvgIpc) is 3.24. The molecule has 0 aliphatic rings. The Morgan fingerprint density at radius 2 is 2.17 bits per heavy atom. The number of nitrogen functional groups attached to an aromatic ring is 1. The largest absolute Gasteiger partial charge is 0.396 e. The SMILES string of the molecule is C[C@H](CO)Cn1cc2c(N)nc3cc(-c4cc[nH]n4)ccc3c2n1. The molecule has 0 spiro atoms. The van der Waals surface area contributed by atoms with Crippen LogP contribution < -0.4 is 5.73 Å². The quantitative estimate of drug-likeness (QED) is 0.534. The average molecular weight is 322 g/mol. The molecule has 3 heterocycles. The van der Waals surface area contributed by atoms with Crippen LogP contribution in [-0.2, 0) is 6.54 Å². The molecule has 1 atom stereocenters. The molecule has 4 aromatic rings. The van der Waals surface area contributed by atoms with Gasteiger partial charge in [-0.1, -0.05) is 13.0 Å². The molecule has 0 unspecified atom stereocenters. The second-order valence-corrected chi connectivity index (χ2v) is 6.09. The predicted octanol–water partition coefficient (Wildman–Crippen LogP) is 2.19. The molecule has 24 heavy (non-hydrogen) atoms. The number of pyridine rings is 1. The van der Waals surface area contributed by atoms with Crippen LogP contribution in [0.4, 0.5) is 5.82 Å². The van der Waals surface area contributed by atoms with Gasteiger partial charge in [0, 0.05) is 36.5 Å². The number of aromatic amines is 1. The monoisotopic (exact) mass is 322 g/mol. The first kappa shape index (κ1) is 14.6. The van der Waals surface area contributed by atoms with E-state index in [-0.39, 0.29) is 12.5 Å². The third kappa shape index (κ3) is 2.39. The van der Waals surface area contributed by atoms with Crippen LogP contribution in [0, 0.1) is 5.92 Å². The van der Waals surface area contributed by atoms with Crippen molar-refractivity contribution >= 4 is 27.6 Å². The molecular weight excluding hydrogens is 304 g/mol. The molecule has 4 rings (SSSR count). The van der Waals surface area contributed by atoms with Gasteiger partial charge in [0.15, 0.2) is 0 Å². The van der Waals surface area contributed by atoms with Crippen LogP contribution in [0.2, 0.25) is 0 Å². The summed E-state index contributed by atoms with van der Waals surface area (Å²) >= 11 is 0. The number of fused-ring (bicyclic) bond motifs is 3. The van der Waals surface area contributed by atoms with Crippen molar-refractivity contribution in [1.82, 2.24) is 25.0 Å². The molecule has 0 aliphatic heterocycles. The zero-order valence-electron chi connectivity index (χ0n) is 13.3. The highest BCUT2D eigenvalue weighted by atomic mass is 16.3. The highest BCUT2D eigenvalue weighted by molar-refractivity contribution is 6.08. The van der Waals surface area contributed by atoms with Crippen LogP contribution in [0.3, 0.4) is 0 Å². The number of benzene rings is 1. The normalized spacial score (nSPS) is 12.9. The van der Waals surface area contributed by atoms with Crippen LogP contribution in [0.1, 0.15) is 6.92 Å². The minimum Gasteiger partial charge on any atom is -0.396 e. The van der Waals surface area contributed by atoms with Gasteiger partial charge in [-0.15, -0.1) is 0 Å². The summed E-state index contributed by atoms with van der Waals surface area (Å²) in [6.07, 6.45) is 3.68. The van der Waals surface area contributed by atoms with Crippen LogP contribution in [0.5, 0.6) is 0 Å². The molecule has 0 amide bonds. The lowest BCUT2D eigenvalue weighted by Crippen LogP contribution is -2.11. The smallest absolute Gasteiger partial charge is 0.135 e. The van der Waals surface area contributed by atoms with Gasteiger partial charge in [-0.05, 0) is 24.1 Å². The van der Waals surface area contributed by atoms with E-state index >= 15 is 0 Å². The minimum atomic E-state index is 0.123. The molecule has 3 aromatic heterocycles. The van der Waals surface area contributed by atoms with Crippen LogP contribution in [0.25, 0.3) is 33.1 Å². The summed E-state index contributed by atoms with van der Waals surface area (Å²) in [4.78, 5) is 4.52. The van der Waals surface area contributed by atoms with Crippen LogP contribution >= 0.6 is 0 Å². The van der Waals surface area contributed by atoms with E-state index in [0.717, 1.165) is 33.1 Å². The second kappa shape index (κ2) is 5.61. The number of aromatic nitrogens is 5. The standard InChI is InChI=1S/C17H18N6O/c1-10(9-24)7-23-8-13-16(22-23)12-3-2-11(14-4-5-19-21-14)6-15(12)20-17(13)18/h2-6,8,10,24H,7,9H2,1H3,(H2,18,20)(H,19,21)/t10-/m0/s1. The van der Waals surface area contributed by atoms with Crippen molar-refractivity contribution in [3.63, 3.8) is 0 Å². The first-order valence-corrected chi connectivity index (χ1v) is 7.83. The lowest BCUT2D eigenvalue weighted by atomic mass is 10.1. The lowest BCUT2D eigenvalue weighted by molar-refractivity contribution is 0.219. The molecule has 0 saturated heterocycles. The molecule has 0 bridgehead atoms. The molecule has 0 aliphatic carbocycles. The molecule has 0 saturated carbocycles. The number of H-pyrrole nitrogens is 1. The Bertz CT molecular complexity index is 1000. The molecular formula is C17H18N6O. The van der Waals surface area contributed by atoms with Gasteiger partial charge in [0.25, 0.3) is 0 Å². The fourth-order valence-corrected chi connectivity index (χ4v) is 2.87. The van der Waals surface area contributed by atoms with Crippen molar-refractivity contribution < 1.29 is 5.11 Å². The van der Waals surface area contributed by atoms with Crippen LogP contribution in [0.15, 0.2) is 36.7 Å². The Kier molecular flexibility index (Phi) is 3.42. The van der Waals surface area contributed by atoms with E-state index in [4.69, 9.17) is 5.73 Å². The first-order chi connectivity index (χ1) is 11.7. The summed E-state index contributed by atoms with van der Waals surface area (Å²) in [5, 5.41) is 22.7. The summed E-state index contributed by atoms with van der Waals surface area (Å²) in [5.74, 6) is 0.589. The Hall–Kier alpha value is -2.93. The van der Waals surface area contributed by atoms with Crippen molar-refractivity contribution in [2.45, 2.75) is 13.5 Å². The first-order valence-electron chi connectivity index (χ1n) is 7.83. The van der Waals surface area contributed by atoms with Gasteiger partial charge in [0.2, 0.25) is 0 Å². The fourth-order valence-electron chi connectivity index (χ4n) is 2.87.